The minimum Gasteiger partial charge on any atom is -0.490 e. The van der Waals surface area contributed by atoms with E-state index in [1.165, 1.54) is 24.3 Å². The maximum Gasteiger partial charge on any atom is 0.246 e. The highest BCUT2D eigenvalue weighted by Crippen LogP contribution is 2.47. The molecule has 1 amide bonds. The van der Waals surface area contributed by atoms with Crippen molar-refractivity contribution >= 4 is 27.3 Å². The van der Waals surface area contributed by atoms with Gasteiger partial charge in [0.15, 0.2) is 0 Å². The van der Waals surface area contributed by atoms with Crippen molar-refractivity contribution in [1.82, 2.24) is 29.9 Å². The van der Waals surface area contributed by atoms with Crippen molar-refractivity contribution in [2.45, 2.75) is 39.5 Å². The quantitative estimate of drug-likeness (QED) is 0.238. The number of nitrogens with zero attached hydrogens (tertiary/aromatic N) is 6. The van der Waals surface area contributed by atoms with Crippen LogP contribution in [0.1, 0.15) is 31.3 Å². The van der Waals surface area contributed by atoms with Crippen molar-refractivity contribution < 1.29 is 23.4 Å². The molecule has 0 aliphatic carbocycles. The molecule has 43 heavy (non-hydrogen) atoms. The van der Waals surface area contributed by atoms with E-state index < -0.39 is 17.7 Å². The zero-order chi connectivity index (χ0) is 30.4. The van der Waals surface area contributed by atoms with Crippen molar-refractivity contribution in [3.8, 4) is 39.5 Å². The Morgan fingerprint density at radius 2 is 2.07 bits per heavy atom. The number of aromatic nitrogens is 5. The van der Waals surface area contributed by atoms with Gasteiger partial charge in [0.2, 0.25) is 5.91 Å². The van der Waals surface area contributed by atoms with Crippen molar-refractivity contribution in [3.63, 3.8) is 0 Å². The number of hydrogen-bond donors (Lipinski definition) is 1. The molecule has 0 saturated heterocycles. The number of hydrogen-bond acceptors (Lipinski definition) is 8. The maximum atomic E-state index is 15.9. The van der Waals surface area contributed by atoms with Crippen LogP contribution in [0, 0.1) is 18.6 Å². The number of aliphatic hydroxyl groups is 1. The highest BCUT2D eigenvalue weighted by Gasteiger charge is 2.30. The fourth-order valence-electron chi connectivity index (χ4n) is 5.38. The van der Waals surface area contributed by atoms with E-state index in [0.29, 0.717) is 51.7 Å². The molecule has 12 heteroatoms. The summed E-state index contributed by atoms with van der Waals surface area (Å²) in [4.78, 5) is 19.2. The van der Waals surface area contributed by atoms with Crippen LogP contribution in [0.15, 0.2) is 54.6 Å². The molecule has 1 aliphatic heterocycles. The normalized spacial score (nSPS) is 15.4. The van der Waals surface area contributed by atoms with Gasteiger partial charge in [-0.1, -0.05) is 6.58 Å². The second-order valence-electron chi connectivity index (χ2n) is 10.6. The van der Waals surface area contributed by atoms with E-state index >= 15 is 4.39 Å². The van der Waals surface area contributed by atoms with Crippen LogP contribution in [0.4, 0.5) is 8.78 Å². The fourth-order valence-corrected chi connectivity index (χ4v) is 6.33. The van der Waals surface area contributed by atoms with Crippen LogP contribution in [-0.2, 0) is 11.3 Å². The molecule has 9 nitrogen and oxygen atoms in total. The lowest BCUT2D eigenvalue weighted by Gasteiger charge is -2.31. The van der Waals surface area contributed by atoms with Crippen molar-refractivity contribution in [2.75, 3.05) is 13.2 Å². The Morgan fingerprint density at radius 3 is 2.81 bits per heavy atom. The molecular weight excluding hydrogens is 574 g/mol. The van der Waals surface area contributed by atoms with Gasteiger partial charge >= 0.3 is 0 Å². The Bertz CT molecular complexity index is 1890. The van der Waals surface area contributed by atoms with Gasteiger partial charge in [0.05, 0.1) is 47.5 Å². The molecule has 0 fully saturated rings. The molecule has 0 saturated carbocycles. The van der Waals surface area contributed by atoms with Crippen LogP contribution >= 0.6 is 11.3 Å². The van der Waals surface area contributed by atoms with Gasteiger partial charge < -0.3 is 14.7 Å². The number of thiophene rings is 1. The summed E-state index contributed by atoms with van der Waals surface area (Å²) >= 11 is 1.38. The number of carbonyl (C=O) groups is 1. The molecular formula is C31H28F2N6O3S. The molecule has 4 aromatic heterocycles. The standard InChI is InChI=1S/C31H28F2N6O3S/c1-5-26(41)38-13-17(3)39-21(14-38)11-24(37-39)30-28(27-23(33)9-20(32)10-25(27)42-15-18(4)40)31-22(6-7-43-31)29(35-30)19-8-16(2)36-34-12-19/h5-12,17-18,40H,1,13-15H2,2-4H3. The van der Waals surface area contributed by atoms with Crippen LogP contribution in [0.5, 0.6) is 5.75 Å². The van der Waals surface area contributed by atoms with Crippen molar-refractivity contribution in [2.24, 2.45) is 0 Å². The lowest BCUT2D eigenvalue weighted by molar-refractivity contribution is -0.127. The molecule has 0 spiro atoms. The number of benzene rings is 1. The molecule has 5 aromatic rings. The number of fused-ring (bicyclic) bond motifs is 2. The smallest absolute Gasteiger partial charge is 0.246 e. The average Bonchev–Trinajstić information content (AvgIpc) is 3.63. The summed E-state index contributed by atoms with van der Waals surface area (Å²) in [5.74, 6) is -1.90. The monoisotopic (exact) mass is 602 g/mol. The van der Waals surface area contributed by atoms with Crippen LogP contribution in [0.2, 0.25) is 0 Å². The summed E-state index contributed by atoms with van der Waals surface area (Å²) in [7, 11) is 0. The van der Waals surface area contributed by atoms with E-state index in [1.54, 1.807) is 11.1 Å². The van der Waals surface area contributed by atoms with Crippen LogP contribution in [-0.4, -0.2) is 60.1 Å². The number of rotatable bonds is 7. The molecule has 5 heterocycles. The van der Waals surface area contributed by atoms with E-state index in [-0.39, 0.29) is 29.9 Å². The molecule has 2 unspecified atom stereocenters. The highest BCUT2D eigenvalue weighted by atomic mass is 32.1. The van der Waals surface area contributed by atoms with E-state index in [2.05, 4.69) is 16.8 Å². The summed E-state index contributed by atoms with van der Waals surface area (Å²) in [5, 5.41) is 25.6. The van der Waals surface area contributed by atoms with Gasteiger partial charge in [0.25, 0.3) is 0 Å². The van der Waals surface area contributed by atoms with Gasteiger partial charge in [-0.3, -0.25) is 9.48 Å². The Morgan fingerprint density at radius 1 is 1.26 bits per heavy atom. The van der Waals surface area contributed by atoms with E-state index in [0.717, 1.165) is 23.2 Å². The highest BCUT2D eigenvalue weighted by molar-refractivity contribution is 7.18. The predicted octanol–water partition coefficient (Wildman–Crippen LogP) is 5.72. The molecule has 6 rings (SSSR count). The summed E-state index contributed by atoms with van der Waals surface area (Å²) < 4.78 is 38.7. The van der Waals surface area contributed by atoms with Gasteiger partial charge in [-0.2, -0.15) is 15.3 Å². The second-order valence-corrected chi connectivity index (χ2v) is 11.5. The summed E-state index contributed by atoms with van der Waals surface area (Å²) in [5.41, 5.74) is 3.98. The summed E-state index contributed by atoms with van der Waals surface area (Å²) in [6.07, 6.45) is 2.03. The van der Waals surface area contributed by atoms with E-state index in [9.17, 15) is 14.3 Å². The zero-order valence-electron chi connectivity index (χ0n) is 23.7. The first kappa shape index (κ1) is 28.6. The Kier molecular flexibility index (Phi) is 7.49. The van der Waals surface area contributed by atoms with E-state index in [4.69, 9.17) is 14.8 Å². The van der Waals surface area contributed by atoms with Crippen LogP contribution in [0.3, 0.4) is 0 Å². The summed E-state index contributed by atoms with van der Waals surface area (Å²) in [6.45, 7) is 9.51. The fraction of sp³-hybridized carbons (Fsp3) is 0.258. The Hall–Kier alpha value is -4.55. The van der Waals surface area contributed by atoms with Crippen molar-refractivity contribution in [3.05, 3.63) is 77.6 Å². The van der Waals surface area contributed by atoms with Gasteiger partial charge in [0.1, 0.15) is 35.4 Å². The lowest BCUT2D eigenvalue weighted by atomic mass is 9.96. The third kappa shape index (κ3) is 5.28. The molecule has 220 valence electrons. The molecule has 0 bridgehead atoms. The largest absolute Gasteiger partial charge is 0.490 e. The third-order valence-electron chi connectivity index (χ3n) is 7.20. The number of aliphatic hydroxyl groups excluding tert-OH is 1. The minimum absolute atomic E-state index is 0.00932. The predicted molar refractivity (Wildman–Crippen MR) is 159 cm³/mol. The topological polar surface area (TPSA) is 106 Å². The molecule has 1 N–H and O–H groups in total. The molecule has 2 atom stereocenters. The van der Waals surface area contributed by atoms with Crippen LogP contribution in [0.25, 0.3) is 43.9 Å². The number of carbonyl (C=O) groups excluding carboxylic acids is 1. The van der Waals surface area contributed by atoms with Crippen molar-refractivity contribution in [1.29, 1.82) is 0 Å². The number of halogens is 2. The molecule has 0 radical (unpaired) electrons. The minimum atomic E-state index is -0.870. The Balaban J connectivity index is 1.65. The number of ether oxygens (including phenoxy) is 1. The first-order chi connectivity index (χ1) is 20.6. The number of pyridine rings is 1. The number of amides is 1. The zero-order valence-corrected chi connectivity index (χ0v) is 24.5. The van der Waals surface area contributed by atoms with Gasteiger partial charge in [0, 0.05) is 39.9 Å². The van der Waals surface area contributed by atoms with Gasteiger partial charge in [-0.25, -0.2) is 13.8 Å². The third-order valence-corrected chi connectivity index (χ3v) is 8.14. The SMILES string of the molecule is C=CC(=O)N1Cc2cc(-c3nc(-c4cnnc(C)c4)c4ccsc4c3-c3c(F)cc(F)cc3OCC(C)O)nn2C(C)C1. The van der Waals surface area contributed by atoms with Crippen LogP contribution < -0.4 is 4.74 Å². The second kappa shape index (κ2) is 11.3. The van der Waals surface area contributed by atoms with Gasteiger partial charge in [-0.15, -0.1) is 11.3 Å². The van der Waals surface area contributed by atoms with Gasteiger partial charge in [-0.05, 0) is 50.4 Å². The Labute approximate surface area is 250 Å². The average molecular weight is 603 g/mol. The van der Waals surface area contributed by atoms with E-state index in [1.807, 2.05) is 42.1 Å². The molecule has 1 aromatic carbocycles. The number of aryl methyl sites for hydroxylation is 1. The molecule has 1 aliphatic rings. The first-order valence-corrected chi connectivity index (χ1v) is 14.5. The summed E-state index contributed by atoms with van der Waals surface area (Å²) in [6, 6.07) is 7.35. The lowest BCUT2D eigenvalue weighted by Crippen LogP contribution is -2.39. The maximum absolute atomic E-state index is 15.9. The first-order valence-electron chi connectivity index (χ1n) is 13.7.